The summed E-state index contributed by atoms with van der Waals surface area (Å²) in [5.74, 6) is 0. The van der Waals surface area contributed by atoms with Gasteiger partial charge in [0.1, 0.15) is 0 Å². The van der Waals surface area contributed by atoms with Gasteiger partial charge in [0.15, 0.2) is 0 Å². The fourth-order valence-electron chi connectivity index (χ4n) is 0.937. The average Bonchev–Trinajstić information content (AvgIpc) is 2.01. The van der Waals surface area contributed by atoms with E-state index in [-0.39, 0.29) is 0 Å². The zero-order valence-corrected chi connectivity index (χ0v) is 7.13. The van der Waals surface area contributed by atoms with Crippen LogP contribution in [-0.2, 0) is 0 Å². The van der Waals surface area contributed by atoms with Crippen LogP contribution in [0.25, 0.3) is 0 Å². The predicted octanol–water partition coefficient (Wildman–Crippen LogP) is 1.01. The predicted molar refractivity (Wildman–Crippen MR) is 50.5 cm³/mol. The second-order valence-corrected chi connectivity index (χ2v) is 2.48. The molecule has 0 rings (SSSR count). The quantitative estimate of drug-likeness (QED) is 0.554. The summed E-state index contributed by atoms with van der Waals surface area (Å²) in [6.07, 6.45) is 4.85. The maximum Gasteiger partial charge on any atom is 0.0163 e. The summed E-state index contributed by atoms with van der Waals surface area (Å²) >= 11 is 0. The molecular weight excluding hydrogens is 136 g/mol. The molecule has 0 saturated carbocycles. The fourth-order valence-corrected chi connectivity index (χ4v) is 0.937. The van der Waals surface area contributed by atoms with Gasteiger partial charge in [0, 0.05) is 13.1 Å². The maximum absolute atomic E-state index is 5.39. The summed E-state index contributed by atoms with van der Waals surface area (Å²) in [4.78, 5) is 2.26. The molecule has 2 heteroatoms. The highest BCUT2D eigenvalue weighted by molar-refractivity contribution is 4.79. The third kappa shape index (κ3) is 5.83. The molecule has 0 aliphatic carbocycles. The van der Waals surface area contributed by atoms with Crippen LogP contribution in [0, 0.1) is 0 Å². The van der Waals surface area contributed by atoms with E-state index in [0.717, 1.165) is 32.6 Å². The van der Waals surface area contributed by atoms with Crippen LogP contribution in [0.3, 0.4) is 0 Å². The van der Waals surface area contributed by atoms with E-state index < -0.39 is 0 Å². The number of nitrogens with two attached hydrogens (primary N) is 1. The molecule has 0 bridgehead atoms. The van der Waals surface area contributed by atoms with Gasteiger partial charge in [-0.05, 0) is 19.5 Å². The largest absolute Gasteiger partial charge is 0.330 e. The number of nitrogens with zero attached hydrogens (tertiary/aromatic N) is 1. The van der Waals surface area contributed by atoms with Crippen LogP contribution in [0.15, 0.2) is 25.3 Å². The van der Waals surface area contributed by atoms with Gasteiger partial charge in [-0.2, -0.15) is 0 Å². The standard InChI is InChI=1S/C9H18N2/c1-3-7-11(8-4-2)9-5-6-10/h3-4H,1-2,5-10H2. The second kappa shape index (κ2) is 7.51. The van der Waals surface area contributed by atoms with Gasteiger partial charge in [0.05, 0.1) is 0 Å². The van der Waals surface area contributed by atoms with E-state index in [0.29, 0.717) is 0 Å². The van der Waals surface area contributed by atoms with Crippen molar-refractivity contribution in [2.45, 2.75) is 6.42 Å². The number of hydrogen-bond donors (Lipinski definition) is 1. The summed E-state index contributed by atoms with van der Waals surface area (Å²) in [6.45, 7) is 11.0. The van der Waals surface area contributed by atoms with Crippen LogP contribution in [0.5, 0.6) is 0 Å². The van der Waals surface area contributed by atoms with Crippen molar-refractivity contribution in [1.29, 1.82) is 0 Å². The SMILES string of the molecule is C=CCN(CC=C)CCCN. The van der Waals surface area contributed by atoms with Crippen molar-refractivity contribution in [1.82, 2.24) is 4.90 Å². The van der Waals surface area contributed by atoms with Gasteiger partial charge >= 0.3 is 0 Å². The second-order valence-electron chi connectivity index (χ2n) is 2.48. The van der Waals surface area contributed by atoms with Gasteiger partial charge in [0.2, 0.25) is 0 Å². The Bertz CT molecular complexity index is 100. The molecule has 0 aliphatic rings. The van der Waals surface area contributed by atoms with Crippen molar-refractivity contribution < 1.29 is 0 Å². The average molecular weight is 154 g/mol. The highest BCUT2D eigenvalue weighted by Crippen LogP contribution is 1.90. The minimum absolute atomic E-state index is 0.755. The highest BCUT2D eigenvalue weighted by atomic mass is 15.1. The zero-order valence-electron chi connectivity index (χ0n) is 7.13. The molecule has 0 heterocycles. The lowest BCUT2D eigenvalue weighted by Crippen LogP contribution is -2.26. The molecule has 0 aromatic rings. The van der Waals surface area contributed by atoms with Crippen molar-refractivity contribution in [3.63, 3.8) is 0 Å². The van der Waals surface area contributed by atoms with E-state index >= 15 is 0 Å². The smallest absolute Gasteiger partial charge is 0.0163 e. The molecule has 64 valence electrons. The summed E-state index contributed by atoms with van der Waals surface area (Å²) in [7, 11) is 0. The Labute approximate surface area is 69.4 Å². The first kappa shape index (κ1) is 10.4. The molecule has 0 unspecified atom stereocenters. The molecule has 0 aliphatic heterocycles. The van der Waals surface area contributed by atoms with Gasteiger partial charge in [-0.1, -0.05) is 12.2 Å². The summed E-state index contributed by atoms with van der Waals surface area (Å²) < 4.78 is 0. The highest BCUT2D eigenvalue weighted by Gasteiger charge is 1.97. The van der Waals surface area contributed by atoms with Crippen molar-refractivity contribution in [2.24, 2.45) is 5.73 Å². The molecule has 0 fully saturated rings. The van der Waals surface area contributed by atoms with Crippen molar-refractivity contribution in [2.75, 3.05) is 26.2 Å². The van der Waals surface area contributed by atoms with Gasteiger partial charge in [0.25, 0.3) is 0 Å². The first-order valence-corrected chi connectivity index (χ1v) is 3.99. The van der Waals surface area contributed by atoms with E-state index in [9.17, 15) is 0 Å². The van der Waals surface area contributed by atoms with Gasteiger partial charge in [-0.15, -0.1) is 13.2 Å². The van der Waals surface area contributed by atoms with Crippen LogP contribution in [0.4, 0.5) is 0 Å². The van der Waals surface area contributed by atoms with E-state index in [4.69, 9.17) is 5.73 Å². The lowest BCUT2D eigenvalue weighted by molar-refractivity contribution is 0.332. The Morgan fingerprint density at radius 1 is 1.18 bits per heavy atom. The summed E-state index contributed by atoms with van der Waals surface area (Å²) in [6, 6.07) is 0. The lowest BCUT2D eigenvalue weighted by Gasteiger charge is -2.17. The Hall–Kier alpha value is -0.600. The maximum atomic E-state index is 5.39. The van der Waals surface area contributed by atoms with E-state index in [1.807, 2.05) is 12.2 Å². The topological polar surface area (TPSA) is 29.3 Å². The first-order valence-electron chi connectivity index (χ1n) is 3.99. The third-order valence-corrected chi connectivity index (χ3v) is 1.45. The first-order chi connectivity index (χ1) is 5.35. The third-order valence-electron chi connectivity index (χ3n) is 1.45. The van der Waals surface area contributed by atoms with Crippen LogP contribution in [0.1, 0.15) is 6.42 Å². The zero-order chi connectivity index (χ0) is 8.53. The van der Waals surface area contributed by atoms with Crippen molar-refractivity contribution in [3.8, 4) is 0 Å². The van der Waals surface area contributed by atoms with Gasteiger partial charge in [-0.3, -0.25) is 4.90 Å². The molecule has 2 nitrogen and oxygen atoms in total. The number of rotatable bonds is 7. The van der Waals surface area contributed by atoms with E-state index in [1.54, 1.807) is 0 Å². The van der Waals surface area contributed by atoms with E-state index in [1.165, 1.54) is 0 Å². The summed E-state index contributed by atoms with van der Waals surface area (Å²) in [5.41, 5.74) is 5.39. The molecule has 2 N–H and O–H groups in total. The minimum Gasteiger partial charge on any atom is -0.330 e. The Balaban J connectivity index is 3.49. The van der Waals surface area contributed by atoms with Crippen LogP contribution in [0.2, 0.25) is 0 Å². The monoisotopic (exact) mass is 154 g/mol. The summed E-state index contributed by atoms with van der Waals surface area (Å²) in [5, 5.41) is 0. The Morgan fingerprint density at radius 2 is 1.73 bits per heavy atom. The van der Waals surface area contributed by atoms with Crippen LogP contribution < -0.4 is 5.73 Å². The fraction of sp³-hybridized carbons (Fsp3) is 0.556. The normalized spacial score (nSPS) is 10.0. The lowest BCUT2D eigenvalue weighted by atomic mass is 10.3. The van der Waals surface area contributed by atoms with E-state index in [2.05, 4.69) is 18.1 Å². The molecule has 11 heavy (non-hydrogen) atoms. The van der Waals surface area contributed by atoms with Crippen LogP contribution in [-0.4, -0.2) is 31.1 Å². The molecule has 0 aromatic heterocycles. The molecule has 0 radical (unpaired) electrons. The molecule has 0 amide bonds. The molecule has 0 saturated heterocycles. The Kier molecular flexibility index (Phi) is 7.10. The molecule has 0 atom stereocenters. The van der Waals surface area contributed by atoms with Gasteiger partial charge in [-0.25, -0.2) is 0 Å². The molecular formula is C9H18N2. The van der Waals surface area contributed by atoms with Gasteiger partial charge < -0.3 is 5.73 Å². The number of hydrogen-bond acceptors (Lipinski definition) is 2. The molecule has 0 aromatic carbocycles. The van der Waals surface area contributed by atoms with Crippen molar-refractivity contribution in [3.05, 3.63) is 25.3 Å². The minimum atomic E-state index is 0.755. The van der Waals surface area contributed by atoms with Crippen molar-refractivity contribution >= 4 is 0 Å². The Morgan fingerprint density at radius 3 is 2.09 bits per heavy atom. The van der Waals surface area contributed by atoms with Crippen LogP contribution >= 0.6 is 0 Å². The molecule has 0 spiro atoms.